The highest BCUT2D eigenvalue weighted by molar-refractivity contribution is 7.09. The van der Waals surface area contributed by atoms with E-state index in [0.717, 1.165) is 36.8 Å². The maximum atomic E-state index is 11.8. The van der Waals surface area contributed by atoms with Crippen molar-refractivity contribution in [3.63, 3.8) is 0 Å². The monoisotopic (exact) mass is 389 g/mol. The van der Waals surface area contributed by atoms with Gasteiger partial charge in [0.05, 0.1) is 15.6 Å². The number of nitro groups is 1. The van der Waals surface area contributed by atoms with Crippen molar-refractivity contribution < 1.29 is 9.72 Å². The molecule has 2 aromatic rings. The fraction of sp³-hybridized carbons (Fsp3) is 0.444. The molecule has 144 valence electrons. The predicted octanol–water partition coefficient (Wildman–Crippen LogP) is 2.30. The lowest BCUT2D eigenvalue weighted by Crippen LogP contribution is -2.46. The van der Waals surface area contributed by atoms with E-state index in [1.807, 2.05) is 4.90 Å². The number of hydrogen-bond acceptors (Lipinski definition) is 7. The third-order valence-corrected chi connectivity index (χ3v) is 5.70. The van der Waals surface area contributed by atoms with Crippen LogP contribution in [0, 0.1) is 10.1 Å². The van der Waals surface area contributed by atoms with Crippen molar-refractivity contribution in [2.75, 3.05) is 38.1 Å². The number of nitro benzene ring substituents is 1. The summed E-state index contributed by atoms with van der Waals surface area (Å²) >= 11 is 1.69. The molecule has 1 aromatic carbocycles. The minimum atomic E-state index is -0.421. The number of carbonyl (C=O) groups excluding carboxylic acids is 1. The molecule has 0 unspecified atom stereocenters. The second-order valence-electron chi connectivity index (χ2n) is 6.39. The van der Waals surface area contributed by atoms with Crippen molar-refractivity contribution in [3.8, 4) is 0 Å². The van der Waals surface area contributed by atoms with E-state index in [0.29, 0.717) is 24.3 Å². The third kappa shape index (κ3) is 4.42. The number of amides is 1. The Bertz CT molecular complexity index is 830. The van der Waals surface area contributed by atoms with Crippen LogP contribution in [-0.2, 0) is 13.0 Å². The summed E-state index contributed by atoms with van der Waals surface area (Å²) in [5.41, 5.74) is 1.92. The van der Waals surface area contributed by atoms with Crippen molar-refractivity contribution in [2.45, 2.75) is 19.9 Å². The van der Waals surface area contributed by atoms with Gasteiger partial charge in [-0.15, -0.1) is 11.3 Å². The van der Waals surface area contributed by atoms with Gasteiger partial charge < -0.3 is 10.2 Å². The molecule has 2 heterocycles. The van der Waals surface area contributed by atoms with Crippen molar-refractivity contribution in [3.05, 3.63) is 50.0 Å². The number of piperazine rings is 1. The van der Waals surface area contributed by atoms with Crippen LogP contribution < -0.4 is 10.2 Å². The van der Waals surface area contributed by atoms with Gasteiger partial charge >= 0.3 is 0 Å². The van der Waals surface area contributed by atoms with Gasteiger partial charge in [0.25, 0.3) is 11.6 Å². The number of rotatable bonds is 6. The molecule has 0 radical (unpaired) electrons. The number of aromatic nitrogens is 1. The highest BCUT2D eigenvalue weighted by atomic mass is 32.1. The van der Waals surface area contributed by atoms with Gasteiger partial charge in [-0.2, -0.15) is 0 Å². The molecule has 1 saturated heterocycles. The van der Waals surface area contributed by atoms with Gasteiger partial charge in [0.2, 0.25) is 0 Å². The van der Waals surface area contributed by atoms with Crippen LogP contribution in [0.4, 0.5) is 11.4 Å². The summed E-state index contributed by atoms with van der Waals surface area (Å²) in [6.45, 7) is 5.93. The number of thiazole rings is 1. The fourth-order valence-corrected chi connectivity index (χ4v) is 3.92. The Kier molecular flexibility index (Phi) is 6.02. The molecule has 0 bridgehead atoms. The molecular formula is C18H23N5O3S. The number of aryl methyl sites for hydroxylation is 1. The lowest BCUT2D eigenvalue weighted by atomic mass is 10.1. The molecule has 0 aliphatic carbocycles. The normalized spacial score (nSPS) is 15.0. The molecule has 1 amide bonds. The average Bonchev–Trinajstić information content (AvgIpc) is 3.15. The number of nitrogens with zero attached hydrogens (tertiary/aromatic N) is 4. The molecule has 3 rings (SSSR count). The average molecular weight is 389 g/mol. The van der Waals surface area contributed by atoms with Crippen LogP contribution in [0.2, 0.25) is 0 Å². The number of benzene rings is 1. The Morgan fingerprint density at radius 1 is 1.33 bits per heavy atom. The van der Waals surface area contributed by atoms with Gasteiger partial charge in [-0.1, -0.05) is 6.92 Å². The topological polar surface area (TPSA) is 91.6 Å². The largest absolute Gasteiger partial charge is 0.363 e. The SMILES string of the molecule is CCc1nc(CN2CCN(c3ccc(C(=O)NC)cc3[N+](=O)[O-])CC2)cs1. The van der Waals surface area contributed by atoms with Gasteiger partial charge in [-0.25, -0.2) is 4.98 Å². The first-order chi connectivity index (χ1) is 13.0. The van der Waals surface area contributed by atoms with Crippen LogP contribution in [-0.4, -0.2) is 53.9 Å². The van der Waals surface area contributed by atoms with Gasteiger partial charge in [0, 0.05) is 56.8 Å². The fourth-order valence-electron chi connectivity index (χ4n) is 3.18. The van der Waals surface area contributed by atoms with Gasteiger partial charge in [-0.3, -0.25) is 19.8 Å². The zero-order chi connectivity index (χ0) is 19.4. The molecule has 1 aliphatic heterocycles. The summed E-state index contributed by atoms with van der Waals surface area (Å²) in [5, 5.41) is 17.2. The first-order valence-corrected chi connectivity index (χ1v) is 9.81. The minimum Gasteiger partial charge on any atom is -0.363 e. The summed E-state index contributed by atoms with van der Waals surface area (Å²) in [4.78, 5) is 31.8. The van der Waals surface area contributed by atoms with Gasteiger partial charge in [0.1, 0.15) is 5.69 Å². The molecule has 9 heteroatoms. The molecule has 1 aliphatic rings. The highest BCUT2D eigenvalue weighted by Gasteiger charge is 2.25. The molecule has 27 heavy (non-hydrogen) atoms. The quantitative estimate of drug-likeness (QED) is 0.602. The first kappa shape index (κ1) is 19.2. The maximum Gasteiger partial charge on any atom is 0.293 e. The predicted molar refractivity (Wildman–Crippen MR) is 105 cm³/mol. The molecule has 8 nitrogen and oxygen atoms in total. The minimum absolute atomic E-state index is 0.0309. The maximum absolute atomic E-state index is 11.8. The van der Waals surface area contributed by atoms with Crippen LogP contribution in [0.15, 0.2) is 23.6 Å². The van der Waals surface area contributed by atoms with E-state index in [1.165, 1.54) is 13.1 Å². The molecule has 0 spiro atoms. The molecular weight excluding hydrogens is 366 g/mol. The summed E-state index contributed by atoms with van der Waals surface area (Å²) in [6.07, 6.45) is 0.953. The summed E-state index contributed by atoms with van der Waals surface area (Å²) in [5.74, 6) is -0.329. The van der Waals surface area contributed by atoms with E-state index in [9.17, 15) is 14.9 Å². The summed E-state index contributed by atoms with van der Waals surface area (Å²) in [6, 6.07) is 4.66. The molecule has 1 aromatic heterocycles. The van der Waals surface area contributed by atoms with Crippen LogP contribution in [0.25, 0.3) is 0 Å². The zero-order valence-electron chi connectivity index (χ0n) is 15.5. The van der Waals surface area contributed by atoms with E-state index >= 15 is 0 Å². The Labute approximate surface area is 162 Å². The Hall–Kier alpha value is -2.52. The first-order valence-electron chi connectivity index (χ1n) is 8.93. The van der Waals surface area contributed by atoms with Crippen LogP contribution in [0.5, 0.6) is 0 Å². The van der Waals surface area contributed by atoms with E-state index in [4.69, 9.17) is 0 Å². The lowest BCUT2D eigenvalue weighted by molar-refractivity contribution is -0.384. The second-order valence-corrected chi connectivity index (χ2v) is 7.33. The zero-order valence-corrected chi connectivity index (χ0v) is 16.3. The Balaban J connectivity index is 1.68. The van der Waals surface area contributed by atoms with Crippen molar-refractivity contribution in [1.82, 2.24) is 15.2 Å². The third-order valence-electron chi connectivity index (χ3n) is 4.66. The van der Waals surface area contributed by atoms with Crippen LogP contribution in [0.3, 0.4) is 0 Å². The van der Waals surface area contributed by atoms with Gasteiger partial charge in [0.15, 0.2) is 0 Å². The molecule has 0 saturated carbocycles. The summed E-state index contributed by atoms with van der Waals surface area (Å²) < 4.78 is 0. The van der Waals surface area contributed by atoms with Crippen molar-refractivity contribution in [2.24, 2.45) is 0 Å². The van der Waals surface area contributed by atoms with Gasteiger partial charge in [-0.05, 0) is 18.6 Å². The number of nitrogens with one attached hydrogen (secondary N) is 1. The summed E-state index contributed by atoms with van der Waals surface area (Å²) in [7, 11) is 1.51. The highest BCUT2D eigenvalue weighted by Crippen LogP contribution is 2.30. The van der Waals surface area contributed by atoms with E-state index in [-0.39, 0.29) is 11.6 Å². The van der Waals surface area contributed by atoms with E-state index < -0.39 is 4.92 Å². The van der Waals surface area contributed by atoms with E-state index in [1.54, 1.807) is 23.5 Å². The smallest absolute Gasteiger partial charge is 0.293 e. The molecule has 0 atom stereocenters. The lowest BCUT2D eigenvalue weighted by Gasteiger charge is -2.35. The van der Waals surface area contributed by atoms with Crippen molar-refractivity contribution >= 4 is 28.6 Å². The molecule has 1 N–H and O–H groups in total. The Morgan fingerprint density at radius 2 is 2.07 bits per heavy atom. The second kappa shape index (κ2) is 8.45. The number of carbonyl (C=O) groups is 1. The van der Waals surface area contributed by atoms with Crippen LogP contribution >= 0.6 is 11.3 Å². The van der Waals surface area contributed by atoms with E-state index in [2.05, 4.69) is 27.5 Å². The number of hydrogen-bond donors (Lipinski definition) is 1. The van der Waals surface area contributed by atoms with Crippen molar-refractivity contribution in [1.29, 1.82) is 0 Å². The van der Waals surface area contributed by atoms with Crippen LogP contribution in [0.1, 0.15) is 28.0 Å². The standard InChI is InChI=1S/C18H23N5O3S/c1-3-17-20-14(12-27-17)11-21-6-8-22(9-7-21)15-5-4-13(18(24)19-2)10-16(15)23(25)26/h4-5,10,12H,3,6-9,11H2,1-2H3,(H,19,24). The Morgan fingerprint density at radius 3 is 2.67 bits per heavy atom. The molecule has 1 fully saturated rings. The number of anilines is 1.